The first kappa shape index (κ1) is 11.3. The summed E-state index contributed by atoms with van der Waals surface area (Å²) in [6, 6.07) is 6.07. The molecule has 2 fully saturated rings. The van der Waals surface area contributed by atoms with Crippen molar-refractivity contribution in [2.24, 2.45) is 0 Å². The molecule has 0 saturated carbocycles. The number of hydrogen-bond donors (Lipinski definition) is 1. The Labute approximate surface area is 106 Å². The lowest BCUT2D eigenvalue weighted by atomic mass is 10.1. The van der Waals surface area contributed by atoms with Crippen LogP contribution in [0.5, 0.6) is 0 Å². The Kier molecular flexibility index (Phi) is 2.97. The van der Waals surface area contributed by atoms with Crippen molar-refractivity contribution in [2.45, 2.75) is 31.3 Å². The Morgan fingerprint density at radius 3 is 3.06 bits per heavy atom. The number of rotatable bonds is 2. The number of halogens is 2. The summed E-state index contributed by atoms with van der Waals surface area (Å²) in [7, 11) is 0. The predicted molar refractivity (Wildman–Crippen MR) is 68.0 cm³/mol. The molecule has 0 aliphatic carbocycles. The summed E-state index contributed by atoms with van der Waals surface area (Å²) in [5.74, 6) is -0.328. The fourth-order valence-corrected chi connectivity index (χ4v) is 3.24. The van der Waals surface area contributed by atoms with E-state index in [-0.39, 0.29) is 10.8 Å². The van der Waals surface area contributed by atoms with Crippen LogP contribution in [0.1, 0.15) is 19.3 Å². The Balaban J connectivity index is 1.76. The summed E-state index contributed by atoms with van der Waals surface area (Å²) in [5, 5.41) is 3.51. The summed E-state index contributed by atoms with van der Waals surface area (Å²) in [6.07, 6.45) is 3.58. The molecule has 4 heteroatoms. The molecule has 2 unspecified atom stereocenters. The minimum atomic E-state index is -0.328. The molecule has 0 aromatic heterocycles. The molecule has 1 aromatic rings. The van der Waals surface area contributed by atoms with E-state index in [1.54, 1.807) is 18.2 Å². The fourth-order valence-electron chi connectivity index (χ4n) is 3.07. The van der Waals surface area contributed by atoms with E-state index >= 15 is 0 Å². The zero-order chi connectivity index (χ0) is 11.8. The molecule has 3 rings (SSSR count). The minimum Gasteiger partial charge on any atom is -0.378 e. The average Bonchev–Trinajstić information content (AvgIpc) is 2.89. The van der Waals surface area contributed by atoms with Gasteiger partial charge in [0.2, 0.25) is 0 Å². The summed E-state index contributed by atoms with van der Waals surface area (Å²) >= 11 is 5.79. The van der Waals surface area contributed by atoms with E-state index in [2.05, 4.69) is 10.2 Å². The van der Waals surface area contributed by atoms with Crippen molar-refractivity contribution in [3.8, 4) is 0 Å². The highest BCUT2D eigenvalue weighted by Gasteiger charge is 2.37. The molecule has 2 heterocycles. The van der Waals surface area contributed by atoms with E-state index in [4.69, 9.17) is 11.6 Å². The van der Waals surface area contributed by atoms with Gasteiger partial charge < -0.3 is 5.32 Å². The van der Waals surface area contributed by atoms with Gasteiger partial charge in [0, 0.05) is 18.6 Å². The van der Waals surface area contributed by atoms with Crippen molar-refractivity contribution < 1.29 is 4.39 Å². The first-order valence-electron chi connectivity index (χ1n) is 6.20. The minimum absolute atomic E-state index is 0.191. The lowest BCUT2D eigenvalue weighted by molar-refractivity contribution is 0.318. The predicted octanol–water partition coefficient (Wildman–Crippen LogP) is 3.13. The SMILES string of the molecule is Fc1c(Cl)cccc1NC1CCN2CCCC12. The van der Waals surface area contributed by atoms with Crippen LogP contribution in [0.3, 0.4) is 0 Å². The van der Waals surface area contributed by atoms with Crippen LogP contribution < -0.4 is 5.32 Å². The first-order chi connectivity index (χ1) is 8.25. The van der Waals surface area contributed by atoms with Gasteiger partial charge in [-0.15, -0.1) is 0 Å². The molecule has 0 radical (unpaired) electrons. The molecule has 0 spiro atoms. The Morgan fingerprint density at radius 2 is 2.18 bits per heavy atom. The number of fused-ring (bicyclic) bond motifs is 1. The van der Waals surface area contributed by atoms with Crippen molar-refractivity contribution >= 4 is 17.3 Å². The van der Waals surface area contributed by atoms with Crippen LogP contribution in [-0.4, -0.2) is 30.1 Å². The van der Waals surface area contributed by atoms with Crippen LogP contribution in [0.15, 0.2) is 18.2 Å². The van der Waals surface area contributed by atoms with E-state index in [0.717, 1.165) is 13.0 Å². The topological polar surface area (TPSA) is 15.3 Å². The van der Waals surface area contributed by atoms with Gasteiger partial charge in [0.05, 0.1) is 10.7 Å². The lowest BCUT2D eigenvalue weighted by Crippen LogP contribution is -2.33. The number of benzene rings is 1. The molecule has 2 saturated heterocycles. The zero-order valence-electron chi connectivity index (χ0n) is 9.63. The standard InChI is InChI=1S/C13H16ClFN2/c14-9-3-1-4-11(13(9)15)16-10-6-8-17-7-2-5-12(10)17/h1,3-4,10,12,16H,2,5-8H2. The van der Waals surface area contributed by atoms with Gasteiger partial charge in [-0.25, -0.2) is 4.39 Å². The van der Waals surface area contributed by atoms with Gasteiger partial charge in [0.25, 0.3) is 0 Å². The highest BCUT2D eigenvalue weighted by Crippen LogP contribution is 2.31. The van der Waals surface area contributed by atoms with Crippen molar-refractivity contribution in [1.82, 2.24) is 4.90 Å². The molecule has 2 atom stereocenters. The first-order valence-corrected chi connectivity index (χ1v) is 6.58. The fraction of sp³-hybridized carbons (Fsp3) is 0.538. The van der Waals surface area contributed by atoms with Gasteiger partial charge in [0.15, 0.2) is 5.82 Å². The van der Waals surface area contributed by atoms with Crippen LogP contribution in [0.2, 0.25) is 5.02 Å². The van der Waals surface area contributed by atoms with Gasteiger partial charge in [0.1, 0.15) is 0 Å². The van der Waals surface area contributed by atoms with E-state index < -0.39 is 0 Å². The van der Waals surface area contributed by atoms with E-state index in [0.29, 0.717) is 17.8 Å². The molecule has 2 nitrogen and oxygen atoms in total. The maximum Gasteiger partial charge on any atom is 0.164 e. The highest BCUT2D eigenvalue weighted by atomic mass is 35.5. The monoisotopic (exact) mass is 254 g/mol. The second kappa shape index (κ2) is 4.46. The van der Waals surface area contributed by atoms with Crippen molar-refractivity contribution in [3.05, 3.63) is 29.0 Å². The van der Waals surface area contributed by atoms with Gasteiger partial charge in [-0.2, -0.15) is 0 Å². The summed E-state index contributed by atoms with van der Waals surface area (Å²) < 4.78 is 13.8. The zero-order valence-corrected chi connectivity index (χ0v) is 10.4. The Morgan fingerprint density at radius 1 is 1.29 bits per heavy atom. The maximum atomic E-state index is 13.8. The molecule has 0 amide bonds. The second-order valence-electron chi connectivity index (χ2n) is 4.89. The van der Waals surface area contributed by atoms with Gasteiger partial charge >= 0.3 is 0 Å². The average molecular weight is 255 g/mol. The third-order valence-corrected chi connectivity index (χ3v) is 4.19. The van der Waals surface area contributed by atoms with Crippen LogP contribution in [0, 0.1) is 5.82 Å². The number of nitrogens with one attached hydrogen (secondary N) is 1. The molecular weight excluding hydrogens is 239 g/mol. The molecular formula is C13H16ClFN2. The quantitative estimate of drug-likeness (QED) is 0.872. The van der Waals surface area contributed by atoms with E-state index in [1.807, 2.05) is 0 Å². The van der Waals surface area contributed by atoms with Crippen LogP contribution in [0.4, 0.5) is 10.1 Å². The largest absolute Gasteiger partial charge is 0.378 e. The molecule has 92 valence electrons. The second-order valence-corrected chi connectivity index (χ2v) is 5.29. The van der Waals surface area contributed by atoms with E-state index in [1.165, 1.54) is 19.4 Å². The van der Waals surface area contributed by atoms with Crippen LogP contribution in [-0.2, 0) is 0 Å². The molecule has 17 heavy (non-hydrogen) atoms. The summed E-state index contributed by atoms with van der Waals surface area (Å²) in [5.41, 5.74) is 0.538. The van der Waals surface area contributed by atoms with Crippen molar-refractivity contribution in [2.75, 3.05) is 18.4 Å². The number of anilines is 1. The lowest BCUT2D eigenvalue weighted by Gasteiger charge is -2.22. The highest BCUT2D eigenvalue weighted by molar-refractivity contribution is 6.31. The molecule has 0 bridgehead atoms. The Bertz CT molecular complexity index is 424. The van der Waals surface area contributed by atoms with Gasteiger partial charge in [-0.1, -0.05) is 17.7 Å². The van der Waals surface area contributed by atoms with Crippen LogP contribution >= 0.6 is 11.6 Å². The smallest absolute Gasteiger partial charge is 0.164 e. The molecule has 2 aliphatic heterocycles. The van der Waals surface area contributed by atoms with Gasteiger partial charge in [-0.05, 0) is 37.9 Å². The van der Waals surface area contributed by atoms with Crippen molar-refractivity contribution in [1.29, 1.82) is 0 Å². The maximum absolute atomic E-state index is 13.8. The third-order valence-electron chi connectivity index (χ3n) is 3.90. The van der Waals surface area contributed by atoms with E-state index in [9.17, 15) is 4.39 Å². The number of hydrogen-bond acceptors (Lipinski definition) is 2. The molecule has 2 aliphatic rings. The number of nitrogens with zero attached hydrogens (tertiary/aromatic N) is 1. The molecule has 1 N–H and O–H groups in total. The summed E-state index contributed by atoms with van der Waals surface area (Å²) in [4.78, 5) is 2.50. The normalized spacial score (nSPS) is 28.4. The van der Waals surface area contributed by atoms with Crippen LogP contribution in [0.25, 0.3) is 0 Å². The van der Waals surface area contributed by atoms with Gasteiger partial charge in [-0.3, -0.25) is 4.90 Å². The Hall–Kier alpha value is -0.800. The summed E-state index contributed by atoms with van der Waals surface area (Å²) in [6.45, 7) is 2.32. The molecule has 1 aromatic carbocycles. The third kappa shape index (κ3) is 2.02. The van der Waals surface area contributed by atoms with Crippen molar-refractivity contribution in [3.63, 3.8) is 0 Å².